The van der Waals surface area contributed by atoms with E-state index < -0.39 is 0 Å². The highest BCUT2D eigenvalue weighted by molar-refractivity contribution is 7.07. The average molecular weight is 301 g/mol. The number of nitrogens with zero attached hydrogens (tertiary/aromatic N) is 4. The van der Waals surface area contributed by atoms with Crippen molar-refractivity contribution in [1.29, 1.82) is 0 Å². The zero-order valence-corrected chi connectivity index (χ0v) is 12.7. The Hall–Kier alpha value is -1.53. The molecule has 6 heteroatoms. The molecule has 1 N–H and O–H groups in total. The second-order valence-electron chi connectivity index (χ2n) is 6.02. The molecule has 0 unspecified atom stereocenters. The second-order valence-corrected chi connectivity index (χ2v) is 6.74. The number of aromatic nitrogens is 3. The lowest BCUT2D eigenvalue weighted by Gasteiger charge is -2.21. The van der Waals surface area contributed by atoms with Crippen molar-refractivity contribution in [3.63, 3.8) is 0 Å². The van der Waals surface area contributed by atoms with Crippen molar-refractivity contribution < 1.29 is 0 Å². The second kappa shape index (κ2) is 5.69. The molecule has 1 saturated carbocycles. The fourth-order valence-corrected chi connectivity index (χ4v) is 4.32. The van der Waals surface area contributed by atoms with Crippen LogP contribution in [0.25, 0.3) is 0 Å². The first kappa shape index (κ1) is 13.2. The van der Waals surface area contributed by atoms with Crippen LogP contribution in [0.4, 0.5) is 5.82 Å². The summed E-state index contributed by atoms with van der Waals surface area (Å²) in [5, 5.41) is 5.73. The molecule has 2 aliphatic rings. The summed E-state index contributed by atoms with van der Waals surface area (Å²) in [6.07, 6.45) is 7.84. The standard InChI is InChI=1S/C15H19N5S/c1-2-14(19-15-5-16-3-4-17-15)13-8-20(6-11(1)13)7-12-9-21-10-18-12/h3-5,9-11,13-14H,1-2,6-8H2,(H,17,19)/t11-,13+,14-/m1/s1. The third-order valence-electron chi connectivity index (χ3n) is 4.70. The molecule has 0 amide bonds. The van der Waals surface area contributed by atoms with Crippen molar-refractivity contribution in [2.45, 2.75) is 25.4 Å². The fourth-order valence-electron chi connectivity index (χ4n) is 3.77. The van der Waals surface area contributed by atoms with Crippen LogP contribution in [0.5, 0.6) is 0 Å². The molecule has 2 fully saturated rings. The molecule has 2 aromatic heterocycles. The maximum absolute atomic E-state index is 4.40. The van der Waals surface area contributed by atoms with Gasteiger partial charge in [0.2, 0.25) is 0 Å². The highest BCUT2D eigenvalue weighted by Gasteiger charge is 2.42. The smallest absolute Gasteiger partial charge is 0.144 e. The van der Waals surface area contributed by atoms with Gasteiger partial charge in [-0.3, -0.25) is 9.88 Å². The van der Waals surface area contributed by atoms with Crippen LogP contribution in [0.1, 0.15) is 18.5 Å². The first-order valence-electron chi connectivity index (χ1n) is 7.50. The molecule has 1 aliphatic carbocycles. The topological polar surface area (TPSA) is 53.9 Å². The molecule has 3 heterocycles. The number of hydrogen-bond donors (Lipinski definition) is 1. The first-order chi connectivity index (χ1) is 10.4. The van der Waals surface area contributed by atoms with Crippen LogP contribution >= 0.6 is 11.3 Å². The number of thiazole rings is 1. The predicted octanol–water partition coefficient (Wildman–Crippen LogP) is 2.26. The summed E-state index contributed by atoms with van der Waals surface area (Å²) >= 11 is 1.68. The summed E-state index contributed by atoms with van der Waals surface area (Å²) in [5.41, 5.74) is 3.13. The van der Waals surface area contributed by atoms with Gasteiger partial charge in [0.05, 0.1) is 17.4 Å². The minimum absolute atomic E-state index is 0.534. The van der Waals surface area contributed by atoms with Crippen LogP contribution in [-0.4, -0.2) is 39.0 Å². The third kappa shape index (κ3) is 2.78. The molecule has 5 nitrogen and oxygen atoms in total. The molecule has 1 aliphatic heterocycles. The minimum atomic E-state index is 0.534. The van der Waals surface area contributed by atoms with Crippen molar-refractivity contribution >= 4 is 17.2 Å². The SMILES string of the molecule is c1cnc(N[C@@H]2CC[C@@H]3CN(Cc4cscn4)C[C@@H]32)cn1. The van der Waals surface area contributed by atoms with E-state index in [1.807, 2.05) is 11.7 Å². The average Bonchev–Trinajstić information content (AvgIpc) is 3.20. The van der Waals surface area contributed by atoms with Crippen molar-refractivity contribution in [2.24, 2.45) is 11.8 Å². The van der Waals surface area contributed by atoms with Crippen molar-refractivity contribution in [1.82, 2.24) is 19.9 Å². The lowest BCUT2D eigenvalue weighted by molar-refractivity contribution is 0.297. The van der Waals surface area contributed by atoms with Gasteiger partial charge in [0.15, 0.2) is 0 Å². The Bertz CT molecular complexity index is 573. The number of hydrogen-bond acceptors (Lipinski definition) is 6. The molecule has 110 valence electrons. The normalized spacial score (nSPS) is 28.7. The molecule has 0 aromatic carbocycles. The molecular weight excluding hydrogens is 282 g/mol. The van der Waals surface area contributed by atoms with Gasteiger partial charge in [-0.1, -0.05) is 0 Å². The fraction of sp³-hybridized carbons (Fsp3) is 0.533. The maximum Gasteiger partial charge on any atom is 0.144 e. The maximum atomic E-state index is 4.40. The number of anilines is 1. The van der Waals surface area contributed by atoms with E-state index in [1.165, 1.54) is 31.6 Å². The molecule has 2 aromatic rings. The number of likely N-dealkylation sites (tertiary alicyclic amines) is 1. The van der Waals surface area contributed by atoms with Gasteiger partial charge in [0.1, 0.15) is 5.82 Å². The highest BCUT2D eigenvalue weighted by atomic mass is 32.1. The summed E-state index contributed by atoms with van der Waals surface area (Å²) in [7, 11) is 0. The zero-order valence-electron chi connectivity index (χ0n) is 11.9. The van der Waals surface area contributed by atoms with Gasteiger partial charge in [0, 0.05) is 43.4 Å². The van der Waals surface area contributed by atoms with Crippen LogP contribution in [0, 0.1) is 11.8 Å². The quantitative estimate of drug-likeness (QED) is 0.939. The number of fused-ring (bicyclic) bond motifs is 1. The van der Waals surface area contributed by atoms with E-state index in [-0.39, 0.29) is 0 Å². The van der Waals surface area contributed by atoms with Gasteiger partial charge in [-0.05, 0) is 24.7 Å². The van der Waals surface area contributed by atoms with E-state index in [2.05, 4.69) is 30.5 Å². The Kier molecular flexibility index (Phi) is 3.57. The lowest BCUT2D eigenvalue weighted by Crippen LogP contribution is -2.30. The van der Waals surface area contributed by atoms with Gasteiger partial charge in [-0.2, -0.15) is 0 Å². The van der Waals surface area contributed by atoms with E-state index in [1.54, 1.807) is 23.7 Å². The van der Waals surface area contributed by atoms with E-state index in [0.29, 0.717) is 6.04 Å². The van der Waals surface area contributed by atoms with Crippen molar-refractivity contribution in [2.75, 3.05) is 18.4 Å². The molecule has 0 spiro atoms. The van der Waals surface area contributed by atoms with Crippen LogP contribution < -0.4 is 5.32 Å². The van der Waals surface area contributed by atoms with Crippen LogP contribution in [-0.2, 0) is 6.54 Å². The molecule has 0 bridgehead atoms. The minimum Gasteiger partial charge on any atom is -0.366 e. The van der Waals surface area contributed by atoms with Crippen molar-refractivity contribution in [3.8, 4) is 0 Å². The molecule has 1 saturated heterocycles. The Balaban J connectivity index is 1.39. The molecule has 0 radical (unpaired) electrons. The molecule has 4 rings (SSSR count). The van der Waals surface area contributed by atoms with Gasteiger partial charge >= 0.3 is 0 Å². The van der Waals surface area contributed by atoms with Crippen LogP contribution in [0.2, 0.25) is 0 Å². The van der Waals surface area contributed by atoms with Gasteiger partial charge < -0.3 is 5.32 Å². The molecular formula is C15H19N5S. The lowest BCUT2D eigenvalue weighted by atomic mass is 9.98. The highest BCUT2D eigenvalue weighted by Crippen LogP contribution is 2.39. The third-order valence-corrected chi connectivity index (χ3v) is 5.33. The van der Waals surface area contributed by atoms with Gasteiger partial charge in [-0.25, -0.2) is 9.97 Å². The van der Waals surface area contributed by atoms with Gasteiger partial charge in [-0.15, -0.1) is 11.3 Å². The zero-order chi connectivity index (χ0) is 14.1. The van der Waals surface area contributed by atoms with E-state index in [9.17, 15) is 0 Å². The summed E-state index contributed by atoms with van der Waals surface area (Å²) in [4.78, 5) is 15.4. The Morgan fingerprint density at radius 3 is 3.05 bits per heavy atom. The van der Waals surface area contributed by atoms with Gasteiger partial charge in [0.25, 0.3) is 0 Å². The number of nitrogens with one attached hydrogen (secondary N) is 1. The number of rotatable bonds is 4. The molecule has 3 atom stereocenters. The van der Waals surface area contributed by atoms with E-state index >= 15 is 0 Å². The molecule has 21 heavy (non-hydrogen) atoms. The Morgan fingerprint density at radius 1 is 1.24 bits per heavy atom. The van der Waals surface area contributed by atoms with E-state index in [4.69, 9.17) is 0 Å². The summed E-state index contributed by atoms with van der Waals surface area (Å²) in [6.45, 7) is 3.37. The first-order valence-corrected chi connectivity index (χ1v) is 8.45. The van der Waals surface area contributed by atoms with E-state index in [0.717, 1.165) is 24.2 Å². The summed E-state index contributed by atoms with van der Waals surface area (Å²) < 4.78 is 0. The van der Waals surface area contributed by atoms with Crippen LogP contribution in [0.3, 0.4) is 0 Å². The Morgan fingerprint density at radius 2 is 2.24 bits per heavy atom. The summed E-state index contributed by atoms with van der Waals surface area (Å²) in [5.74, 6) is 2.45. The van der Waals surface area contributed by atoms with Crippen LogP contribution in [0.15, 0.2) is 29.5 Å². The monoisotopic (exact) mass is 301 g/mol. The largest absolute Gasteiger partial charge is 0.366 e. The van der Waals surface area contributed by atoms with Crippen molar-refractivity contribution in [3.05, 3.63) is 35.2 Å². The predicted molar refractivity (Wildman–Crippen MR) is 83.0 cm³/mol. The summed E-state index contributed by atoms with van der Waals surface area (Å²) in [6, 6.07) is 0.534. The Labute approximate surface area is 128 Å².